The van der Waals surface area contributed by atoms with Crippen LogP contribution < -0.4 is 5.32 Å². The quantitative estimate of drug-likeness (QED) is 0.859. The molecular formula is C16H16FN. The van der Waals surface area contributed by atoms with E-state index in [0.717, 1.165) is 29.8 Å². The van der Waals surface area contributed by atoms with Crippen LogP contribution in [0.1, 0.15) is 22.9 Å². The van der Waals surface area contributed by atoms with E-state index in [0.29, 0.717) is 6.42 Å². The minimum absolute atomic E-state index is 0.451. The molecule has 0 saturated heterocycles. The Morgan fingerprint density at radius 1 is 1.11 bits per heavy atom. The molecule has 0 spiro atoms. The smallest absolute Gasteiger partial charge is 0.129 e. The molecule has 0 aromatic heterocycles. The Morgan fingerprint density at radius 3 is 2.78 bits per heavy atom. The maximum Gasteiger partial charge on any atom is 0.129 e. The fraction of sp³-hybridized carbons (Fsp3) is 0.250. The summed E-state index contributed by atoms with van der Waals surface area (Å²) < 4.78 is 14.3. The molecule has 1 aliphatic rings. The van der Waals surface area contributed by atoms with Gasteiger partial charge >= 0.3 is 0 Å². The summed E-state index contributed by atoms with van der Waals surface area (Å²) in [5.74, 6) is 0. The molecule has 0 fully saturated rings. The first-order valence-corrected chi connectivity index (χ1v) is 6.37. The molecule has 2 aromatic carbocycles. The van der Waals surface area contributed by atoms with Gasteiger partial charge in [0.2, 0.25) is 0 Å². The summed E-state index contributed by atoms with van der Waals surface area (Å²) in [5.41, 5.74) is 4.23. The van der Waals surface area contributed by atoms with Crippen molar-refractivity contribution in [1.29, 1.82) is 0 Å². The largest absolute Gasteiger partial charge is 0.384 e. The fourth-order valence-corrected chi connectivity index (χ4v) is 2.46. The lowest BCUT2D eigenvalue weighted by molar-refractivity contribution is 0.342. The normalized spacial score (nSPS) is 14.9. The molecule has 92 valence electrons. The van der Waals surface area contributed by atoms with Crippen molar-refractivity contribution in [2.45, 2.75) is 19.0 Å². The number of rotatable bonds is 3. The van der Waals surface area contributed by atoms with Gasteiger partial charge in [-0.25, -0.2) is 4.39 Å². The third kappa shape index (κ3) is 2.23. The lowest BCUT2D eigenvalue weighted by Crippen LogP contribution is -1.97. The van der Waals surface area contributed by atoms with E-state index in [1.54, 1.807) is 0 Å². The molecule has 2 aromatic rings. The van der Waals surface area contributed by atoms with Crippen LogP contribution in [0.25, 0.3) is 0 Å². The van der Waals surface area contributed by atoms with Gasteiger partial charge in [0.05, 0.1) is 0 Å². The zero-order valence-electron chi connectivity index (χ0n) is 10.2. The number of benzene rings is 2. The third-order valence-corrected chi connectivity index (χ3v) is 3.46. The van der Waals surface area contributed by atoms with E-state index in [2.05, 4.69) is 5.32 Å². The number of fused-ring (bicyclic) bond motifs is 1. The summed E-state index contributed by atoms with van der Waals surface area (Å²) in [6.07, 6.45) is 0.534. The summed E-state index contributed by atoms with van der Waals surface area (Å²) in [6.45, 7) is 0.967. The molecular weight excluding hydrogens is 225 g/mol. The molecule has 0 saturated carbocycles. The SMILES string of the molecule is FC(Cc1ccccc1)c1ccc2c(c1)CCN2. The molecule has 1 aliphatic heterocycles. The summed E-state index contributed by atoms with van der Waals surface area (Å²) in [6, 6.07) is 15.7. The molecule has 1 unspecified atom stereocenters. The summed E-state index contributed by atoms with van der Waals surface area (Å²) in [7, 11) is 0. The number of hydrogen-bond acceptors (Lipinski definition) is 1. The fourth-order valence-electron chi connectivity index (χ4n) is 2.46. The molecule has 2 heteroatoms. The van der Waals surface area contributed by atoms with Crippen LogP contribution in [0.15, 0.2) is 48.5 Å². The van der Waals surface area contributed by atoms with Crippen LogP contribution in [-0.4, -0.2) is 6.54 Å². The Bertz CT molecular complexity index is 536. The second-order valence-electron chi connectivity index (χ2n) is 4.75. The first-order valence-electron chi connectivity index (χ1n) is 6.37. The number of anilines is 1. The lowest BCUT2D eigenvalue weighted by atomic mass is 10.00. The van der Waals surface area contributed by atoms with Crippen LogP contribution in [-0.2, 0) is 12.8 Å². The van der Waals surface area contributed by atoms with Crippen LogP contribution in [0.3, 0.4) is 0 Å². The summed E-state index contributed by atoms with van der Waals surface area (Å²) in [5, 5.41) is 3.29. The van der Waals surface area contributed by atoms with Gasteiger partial charge in [-0.1, -0.05) is 42.5 Å². The number of hydrogen-bond donors (Lipinski definition) is 1. The Kier molecular flexibility index (Phi) is 3.01. The molecule has 1 N–H and O–H groups in total. The molecule has 0 radical (unpaired) electrons. The highest BCUT2D eigenvalue weighted by atomic mass is 19.1. The highest BCUT2D eigenvalue weighted by Gasteiger charge is 2.15. The van der Waals surface area contributed by atoms with Crippen molar-refractivity contribution in [3.8, 4) is 0 Å². The van der Waals surface area contributed by atoms with Crippen molar-refractivity contribution < 1.29 is 4.39 Å². The van der Waals surface area contributed by atoms with Gasteiger partial charge in [-0.15, -0.1) is 0 Å². The number of nitrogens with one attached hydrogen (secondary N) is 1. The molecule has 1 nitrogen and oxygen atoms in total. The Labute approximate surface area is 107 Å². The summed E-state index contributed by atoms with van der Waals surface area (Å²) >= 11 is 0. The standard InChI is InChI=1S/C16H16FN/c17-15(10-12-4-2-1-3-5-12)13-6-7-16-14(11-13)8-9-18-16/h1-7,11,15,18H,8-10H2. The van der Waals surface area contributed by atoms with Crippen molar-refractivity contribution >= 4 is 5.69 Å². The zero-order chi connectivity index (χ0) is 12.4. The second kappa shape index (κ2) is 4.81. The monoisotopic (exact) mass is 241 g/mol. The second-order valence-corrected chi connectivity index (χ2v) is 4.75. The van der Waals surface area contributed by atoms with Crippen molar-refractivity contribution in [2.24, 2.45) is 0 Å². The van der Waals surface area contributed by atoms with Crippen molar-refractivity contribution in [1.82, 2.24) is 0 Å². The van der Waals surface area contributed by atoms with Crippen LogP contribution in [0.5, 0.6) is 0 Å². The molecule has 0 aliphatic carbocycles. The Balaban J connectivity index is 1.78. The zero-order valence-corrected chi connectivity index (χ0v) is 10.2. The van der Waals surface area contributed by atoms with E-state index in [1.165, 1.54) is 5.56 Å². The molecule has 1 heterocycles. The third-order valence-electron chi connectivity index (χ3n) is 3.46. The van der Waals surface area contributed by atoms with Gasteiger partial charge < -0.3 is 5.32 Å². The Hall–Kier alpha value is -1.83. The molecule has 3 rings (SSSR count). The van der Waals surface area contributed by atoms with Crippen LogP contribution in [0, 0.1) is 0 Å². The van der Waals surface area contributed by atoms with Gasteiger partial charge in [0.25, 0.3) is 0 Å². The summed E-state index contributed by atoms with van der Waals surface area (Å²) in [4.78, 5) is 0. The molecule has 0 amide bonds. The maximum atomic E-state index is 14.3. The van der Waals surface area contributed by atoms with Gasteiger partial charge in [-0.2, -0.15) is 0 Å². The van der Waals surface area contributed by atoms with E-state index >= 15 is 0 Å². The topological polar surface area (TPSA) is 12.0 Å². The van der Waals surface area contributed by atoms with E-state index in [9.17, 15) is 4.39 Å². The van der Waals surface area contributed by atoms with Crippen molar-refractivity contribution in [2.75, 3.05) is 11.9 Å². The predicted octanol–water partition coefficient (Wildman–Crippen LogP) is 3.91. The van der Waals surface area contributed by atoms with Crippen molar-refractivity contribution in [3.05, 3.63) is 65.2 Å². The van der Waals surface area contributed by atoms with Gasteiger partial charge in [0, 0.05) is 18.7 Å². The average molecular weight is 241 g/mol. The molecule has 18 heavy (non-hydrogen) atoms. The highest BCUT2D eigenvalue weighted by Crippen LogP contribution is 2.29. The van der Waals surface area contributed by atoms with Crippen LogP contribution in [0.2, 0.25) is 0 Å². The van der Waals surface area contributed by atoms with Crippen LogP contribution in [0.4, 0.5) is 10.1 Å². The molecule has 0 bridgehead atoms. The van der Waals surface area contributed by atoms with E-state index in [1.807, 2.05) is 48.5 Å². The van der Waals surface area contributed by atoms with Crippen molar-refractivity contribution in [3.63, 3.8) is 0 Å². The first-order chi connectivity index (χ1) is 8.83. The minimum Gasteiger partial charge on any atom is -0.384 e. The van der Waals surface area contributed by atoms with Gasteiger partial charge in [0.15, 0.2) is 0 Å². The maximum absolute atomic E-state index is 14.3. The van der Waals surface area contributed by atoms with E-state index in [-0.39, 0.29) is 0 Å². The predicted molar refractivity (Wildman–Crippen MR) is 72.6 cm³/mol. The molecule has 1 atom stereocenters. The van der Waals surface area contributed by atoms with E-state index < -0.39 is 6.17 Å². The lowest BCUT2D eigenvalue weighted by Gasteiger charge is -2.10. The van der Waals surface area contributed by atoms with E-state index in [4.69, 9.17) is 0 Å². The highest BCUT2D eigenvalue weighted by molar-refractivity contribution is 5.56. The van der Waals surface area contributed by atoms with Gasteiger partial charge in [0.1, 0.15) is 6.17 Å². The first kappa shape index (κ1) is 11.3. The average Bonchev–Trinajstić information content (AvgIpc) is 2.87. The van der Waals surface area contributed by atoms with Gasteiger partial charge in [-0.05, 0) is 29.2 Å². The van der Waals surface area contributed by atoms with Crippen LogP contribution >= 0.6 is 0 Å². The number of alkyl halides is 1. The Morgan fingerprint density at radius 2 is 1.94 bits per heavy atom. The minimum atomic E-state index is -0.918. The number of halogens is 1. The van der Waals surface area contributed by atoms with Gasteiger partial charge in [-0.3, -0.25) is 0 Å².